The van der Waals surface area contributed by atoms with E-state index < -0.39 is 0 Å². The van der Waals surface area contributed by atoms with Crippen LogP contribution in [0.3, 0.4) is 0 Å². The van der Waals surface area contributed by atoms with E-state index in [1.807, 2.05) is 31.4 Å². The van der Waals surface area contributed by atoms with Crippen molar-refractivity contribution in [1.82, 2.24) is 5.32 Å². The van der Waals surface area contributed by atoms with Gasteiger partial charge in [0.2, 0.25) is 0 Å². The van der Waals surface area contributed by atoms with Crippen LogP contribution in [0.15, 0.2) is 23.1 Å². The van der Waals surface area contributed by atoms with E-state index in [1.165, 1.54) is 0 Å². The Labute approximate surface area is 104 Å². The maximum atomic E-state index is 11.8. The normalized spacial score (nSPS) is 14.2. The van der Waals surface area contributed by atoms with Crippen LogP contribution >= 0.6 is 11.8 Å². The van der Waals surface area contributed by atoms with Gasteiger partial charge in [0.25, 0.3) is 11.8 Å². The molecule has 1 aromatic rings. The number of carbonyl (C=O) groups excluding carboxylic acids is 2. The van der Waals surface area contributed by atoms with Crippen molar-refractivity contribution < 1.29 is 9.59 Å². The van der Waals surface area contributed by atoms with Crippen LogP contribution in [0.4, 0.5) is 0 Å². The molecule has 2 amide bonds. The number of allylic oxidation sites excluding steroid dienone is 1. The van der Waals surface area contributed by atoms with Crippen LogP contribution in [0, 0.1) is 0 Å². The molecule has 0 unspecified atom stereocenters. The van der Waals surface area contributed by atoms with E-state index in [0.29, 0.717) is 11.1 Å². The van der Waals surface area contributed by atoms with Gasteiger partial charge >= 0.3 is 0 Å². The lowest BCUT2D eigenvalue weighted by Crippen LogP contribution is -2.20. The Morgan fingerprint density at radius 3 is 2.71 bits per heavy atom. The highest BCUT2D eigenvalue weighted by atomic mass is 32.2. The van der Waals surface area contributed by atoms with Gasteiger partial charge in [0, 0.05) is 10.5 Å². The molecule has 0 aromatic heterocycles. The van der Waals surface area contributed by atoms with E-state index in [1.54, 1.807) is 17.8 Å². The molecule has 0 saturated carbocycles. The van der Waals surface area contributed by atoms with Gasteiger partial charge in [0.15, 0.2) is 0 Å². The summed E-state index contributed by atoms with van der Waals surface area (Å²) in [5.74, 6) is -0.597. The zero-order valence-corrected chi connectivity index (χ0v) is 10.6. The Morgan fingerprint density at radius 1 is 1.29 bits per heavy atom. The minimum absolute atomic E-state index is 0.295. The van der Waals surface area contributed by atoms with Crippen molar-refractivity contribution in [2.75, 3.05) is 6.26 Å². The van der Waals surface area contributed by atoms with Crippen LogP contribution in [-0.2, 0) is 0 Å². The average molecular weight is 247 g/mol. The first-order valence-corrected chi connectivity index (χ1v) is 6.64. The lowest BCUT2D eigenvalue weighted by Gasteiger charge is -2.06. The highest BCUT2D eigenvalue weighted by Crippen LogP contribution is 2.30. The molecular formula is C13H13NO2S. The lowest BCUT2D eigenvalue weighted by molar-refractivity contribution is 0.0879. The van der Waals surface area contributed by atoms with Gasteiger partial charge in [0.05, 0.1) is 11.1 Å². The summed E-state index contributed by atoms with van der Waals surface area (Å²) in [6, 6.07) is 3.60. The number of hydrogen-bond donors (Lipinski definition) is 1. The molecule has 1 aliphatic heterocycles. The Balaban J connectivity index is 2.65. The van der Waals surface area contributed by atoms with Crippen molar-refractivity contribution >= 4 is 29.7 Å². The molecule has 1 aromatic carbocycles. The monoisotopic (exact) mass is 247 g/mol. The summed E-state index contributed by atoms with van der Waals surface area (Å²) in [7, 11) is 0. The summed E-state index contributed by atoms with van der Waals surface area (Å²) >= 11 is 1.57. The molecule has 17 heavy (non-hydrogen) atoms. The molecule has 0 radical (unpaired) electrons. The SMILES string of the molecule is CCC=Cc1c(SC)ccc2c1C(=O)NC2=O. The van der Waals surface area contributed by atoms with Crippen LogP contribution < -0.4 is 5.32 Å². The van der Waals surface area contributed by atoms with Gasteiger partial charge in [-0.3, -0.25) is 14.9 Å². The Morgan fingerprint density at radius 2 is 2.06 bits per heavy atom. The van der Waals surface area contributed by atoms with Crippen molar-refractivity contribution in [3.63, 3.8) is 0 Å². The first-order valence-electron chi connectivity index (χ1n) is 5.42. The largest absolute Gasteiger partial charge is 0.288 e. The average Bonchev–Trinajstić information content (AvgIpc) is 2.62. The maximum absolute atomic E-state index is 11.8. The second-order valence-electron chi connectivity index (χ2n) is 3.70. The molecule has 1 N–H and O–H groups in total. The predicted octanol–water partition coefficient (Wildman–Crippen LogP) is 2.72. The van der Waals surface area contributed by atoms with Crippen molar-refractivity contribution in [3.8, 4) is 0 Å². The molecule has 0 saturated heterocycles. The summed E-state index contributed by atoms with van der Waals surface area (Å²) < 4.78 is 0. The van der Waals surface area contributed by atoms with E-state index in [4.69, 9.17) is 0 Å². The molecule has 2 rings (SSSR count). The predicted molar refractivity (Wildman–Crippen MR) is 69.3 cm³/mol. The molecule has 0 atom stereocenters. The van der Waals surface area contributed by atoms with Gasteiger partial charge in [-0.2, -0.15) is 0 Å². The van der Waals surface area contributed by atoms with E-state index >= 15 is 0 Å². The van der Waals surface area contributed by atoms with E-state index in [9.17, 15) is 9.59 Å². The van der Waals surface area contributed by atoms with Crippen molar-refractivity contribution in [3.05, 3.63) is 34.9 Å². The zero-order chi connectivity index (χ0) is 12.4. The van der Waals surface area contributed by atoms with Crippen molar-refractivity contribution in [2.24, 2.45) is 0 Å². The standard InChI is InChI=1S/C13H13NO2S/c1-3-4-5-8-10(17-2)7-6-9-11(8)13(16)14-12(9)15/h4-7H,3H2,1-2H3,(H,14,15,16). The number of nitrogens with one attached hydrogen (secondary N) is 1. The fraction of sp³-hybridized carbons (Fsp3) is 0.231. The molecule has 0 fully saturated rings. The molecule has 0 bridgehead atoms. The van der Waals surface area contributed by atoms with Crippen LogP contribution in [-0.4, -0.2) is 18.1 Å². The number of carbonyl (C=O) groups is 2. The summed E-state index contributed by atoms with van der Waals surface area (Å²) in [6.07, 6.45) is 6.76. The fourth-order valence-electron chi connectivity index (χ4n) is 1.85. The Bertz CT molecular complexity index is 520. The minimum atomic E-state index is -0.302. The van der Waals surface area contributed by atoms with Crippen LogP contribution in [0.1, 0.15) is 39.6 Å². The number of hydrogen-bond acceptors (Lipinski definition) is 3. The number of rotatable bonds is 3. The molecule has 0 aliphatic carbocycles. The number of fused-ring (bicyclic) bond motifs is 1. The third-order valence-electron chi connectivity index (χ3n) is 2.64. The Kier molecular flexibility index (Phi) is 3.33. The van der Waals surface area contributed by atoms with Crippen LogP contribution in [0.25, 0.3) is 6.08 Å². The van der Waals surface area contributed by atoms with Gasteiger partial charge in [-0.05, 0) is 24.8 Å². The van der Waals surface area contributed by atoms with E-state index in [-0.39, 0.29) is 11.8 Å². The molecule has 0 spiro atoms. The summed E-state index contributed by atoms with van der Waals surface area (Å²) in [4.78, 5) is 24.3. The van der Waals surface area contributed by atoms with Crippen molar-refractivity contribution in [2.45, 2.75) is 18.2 Å². The highest BCUT2D eigenvalue weighted by Gasteiger charge is 2.29. The molecular weight excluding hydrogens is 234 g/mol. The van der Waals surface area contributed by atoms with Crippen LogP contribution in [0.5, 0.6) is 0 Å². The molecule has 3 nitrogen and oxygen atoms in total. The first kappa shape index (κ1) is 11.9. The highest BCUT2D eigenvalue weighted by molar-refractivity contribution is 7.98. The summed E-state index contributed by atoms with van der Waals surface area (Å²) in [5, 5.41) is 2.33. The second-order valence-corrected chi connectivity index (χ2v) is 4.55. The second kappa shape index (κ2) is 4.75. The molecule has 1 heterocycles. The quantitative estimate of drug-likeness (QED) is 0.660. The number of imide groups is 1. The first-order chi connectivity index (χ1) is 8.19. The topological polar surface area (TPSA) is 46.2 Å². The van der Waals surface area contributed by atoms with Gasteiger partial charge in [0.1, 0.15) is 0 Å². The van der Waals surface area contributed by atoms with Gasteiger partial charge < -0.3 is 0 Å². The van der Waals surface area contributed by atoms with E-state index in [2.05, 4.69) is 5.32 Å². The number of thioether (sulfide) groups is 1. The lowest BCUT2D eigenvalue weighted by atomic mass is 10.0. The van der Waals surface area contributed by atoms with Gasteiger partial charge in [-0.1, -0.05) is 19.1 Å². The summed E-state index contributed by atoms with van der Waals surface area (Å²) in [6.45, 7) is 2.03. The van der Waals surface area contributed by atoms with E-state index in [0.717, 1.165) is 16.9 Å². The zero-order valence-electron chi connectivity index (χ0n) is 9.74. The van der Waals surface area contributed by atoms with Crippen molar-refractivity contribution in [1.29, 1.82) is 0 Å². The fourth-order valence-corrected chi connectivity index (χ4v) is 2.44. The maximum Gasteiger partial charge on any atom is 0.259 e. The van der Waals surface area contributed by atoms with Crippen LogP contribution in [0.2, 0.25) is 0 Å². The van der Waals surface area contributed by atoms with Gasteiger partial charge in [-0.25, -0.2) is 0 Å². The molecule has 1 aliphatic rings. The minimum Gasteiger partial charge on any atom is -0.288 e. The van der Waals surface area contributed by atoms with Gasteiger partial charge in [-0.15, -0.1) is 11.8 Å². The third kappa shape index (κ3) is 2.00. The molecule has 88 valence electrons. The number of benzene rings is 1. The number of amides is 2. The summed E-state index contributed by atoms with van der Waals surface area (Å²) in [5.41, 5.74) is 1.83. The Hall–Kier alpha value is -1.55. The smallest absolute Gasteiger partial charge is 0.259 e. The third-order valence-corrected chi connectivity index (χ3v) is 3.44. The molecule has 4 heteroatoms.